The molecule has 0 N–H and O–H groups in total. The van der Waals surface area contributed by atoms with Gasteiger partial charge >= 0.3 is 248 Å². The van der Waals surface area contributed by atoms with Crippen molar-refractivity contribution in [3.8, 4) is 11.1 Å². The normalized spacial score (nSPS) is 13.2. The summed E-state index contributed by atoms with van der Waals surface area (Å²) in [5.74, 6) is 0. The van der Waals surface area contributed by atoms with Crippen LogP contribution in [0.5, 0.6) is 0 Å². The molecule has 0 aliphatic heterocycles. The van der Waals surface area contributed by atoms with Crippen molar-refractivity contribution in [3.63, 3.8) is 0 Å². The van der Waals surface area contributed by atoms with Crippen molar-refractivity contribution in [1.82, 2.24) is 0 Å². The number of hydrogen-bond acceptors (Lipinski definition) is 0. The molecule has 3 heteroatoms. The van der Waals surface area contributed by atoms with E-state index >= 15 is 0 Å². The van der Waals surface area contributed by atoms with Gasteiger partial charge in [0.2, 0.25) is 0 Å². The Morgan fingerprint density at radius 2 is 1.26 bits per heavy atom. The summed E-state index contributed by atoms with van der Waals surface area (Å²) >= 11 is -1.91. The Hall–Kier alpha value is -2.48. The largest absolute Gasteiger partial charge is 1.00 e. The van der Waals surface area contributed by atoms with Crippen molar-refractivity contribution in [3.05, 3.63) is 146 Å². The summed E-state index contributed by atoms with van der Waals surface area (Å²) in [6.07, 6.45) is 9.20. The molecular weight excluding hydrogens is 587 g/mol. The van der Waals surface area contributed by atoms with Crippen LogP contribution in [0.1, 0.15) is 81.3 Å². The van der Waals surface area contributed by atoms with E-state index in [1.807, 2.05) is 0 Å². The minimum Gasteiger partial charge on any atom is -1.00 e. The summed E-state index contributed by atoms with van der Waals surface area (Å²) in [5.41, 5.74) is 11.5. The van der Waals surface area contributed by atoms with Crippen LogP contribution in [0.15, 0.2) is 113 Å². The average molecular weight is 628 g/mol. The molecule has 0 amide bonds. The predicted molar refractivity (Wildman–Crippen MR) is 170 cm³/mol. The first kappa shape index (κ1) is 32.4. The smallest absolute Gasteiger partial charge is 1.00 e. The molecule has 4 aromatic rings. The Kier molecular flexibility index (Phi) is 9.76. The molecule has 42 heavy (non-hydrogen) atoms. The van der Waals surface area contributed by atoms with Crippen LogP contribution in [0.4, 0.5) is 0 Å². The van der Waals surface area contributed by atoms with Gasteiger partial charge in [0.15, 0.2) is 0 Å². The summed E-state index contributed by atoms with van der Waals surface area (Å²) in [5, 5.41) is 0. The fraction of sp³-hybridized carbons (Fsp3) is 0.256. The Balaban J connectivity index is 0.00000202. The first-order valence-electron chi connectivity index (χ1n) is 14.6. The summed E-state index contributed by atoms with van der Waals surface area (Å²) in [4.78, 5) is 0. The van der Waals surface area contributed by atoms with E-state index in [1.165, 1.54) is 38.9 Å². The van der Waals surface area contributed by atoms with Crippen LogP contribution in [0.2, 0.25) is 0 Å². The van der Waals surface area contributed by atoms with E-state index in [4.69, 9.17) is 0 Å². The van der Waals surface area contributed by atoms with Gasteiger partial charge in [-0.3, -0.25) is 0 Å². The number of halogens is 2. The van der Waals surface area contributed by atoms with Crippen LogP contribution in [-0.4, -0.2) is 3.81 Å². The van der Waals surface area contributed by atoms with E-state index in [1.54, 1.807) is 17.1 Å². The van der Waals surface area contributed by atoms with E-state index in [-0.39, 0.29) is 35.6 Å². The molecule has 2 aliphatic carbocycles. The van der Waals surface area contributed by atoms with E-state index in [0.29, 0.717) is 0 Å². The second-order valence-corrected chi connectivity index (χ2v) is 17.3. The fourth-order valence-electron chi connectivity index (χ4n) is 6.87. The second-order valence-electron chi connectivity index (χ2n) is 12.7. The maximum atomic E-state index is 2.51. The van der Waals surface area contributed by atoms with Crippen molar-refractivity contribution < 1.29 is 42.2 Å². The molecule has 0 saturated carbocycles. The maximum Gasteiger partial charge on any atom is -1.00 e. The molecular formula is C39H40Cl2Ti. The van der Waals surface area contributed by atoms with E-state index in [2.05, 4.69) is 151 Å². The molecule has 0 unspecified atom stereocenters. The van der Waals surface area contributed by atoms with Crippen LogP contribution < -0.4 is 28.7 Å². The standard InChI is InChI=1S/C31H29.C5H5.C3H6.2ClH.Ti/c1-30(2,24-11-7-5-8-12-24)26-15-17-28-22(20-26)19-23-21-27(16-18-29(23)28)31(3,4)25-13-9-6-10-14-25;1-2-4-5-3-1;1-3-2;;;/h5-18,20H,19H2,1-4H3;1-3H,4H2;1-2H3;2*1H;/q;;;;;+2/p-2. The summed E-state index contributed by atoms with van der Waals surface area (Å²) in [6.45, 7) is 14.4. The Morgan fingerprint density at radius 3 is 1.83 bits per heavy atom. The van der Waals surface area contributed by atoms with Crippen molar-refractivity contribution in [2.45, 2.75) is 65.2 Å². The molecule has 0 bridgehead atoms. The first-order valence-corrected chi connectivity index (χ1v) is 17.0. The average Bonchev–Trinajstić information content (AvgIpc) is 3.62. The molecule has 214 valence electrons. The predicted octanol–water partition coefficient (Wildman–Crippen LogP) is 3.22. The molecule has 0 saturated heterocycles. The van der Waals surface area contributed by atoms with Crippen LogP contribution in [-0.2, 0) is 34.7 Å². The van der Waals surface area contributed by atoms with Crippen LogP contribution in [0.3, 0.4) is 0 Å². The van der Waals surface area contributed by atoms with Crippen LogP contribution in [0.25, 0.3) is 11.1 Å². The molecule has 2 aliphatic rings. The van der Waals surface area contributed by atoms with Gasteiger partial charge in [0.05, 0.1) is 0 Å². The monoisotopic (exact) mass is 626 g/mol. The van der Waals surface area contributed by atoms with Gasteiger partial charge < -0.3 is 24.8 Å². The fourth-order valence-corrected chi connectivity index (χ4v) is 11.9. The summed E-state index contributed by atoms with van der Waals surface area (Å²) in [6, 6.07) is 34.3. The second kappa shape index (κ2) is 12.6. The third-order valence-corrected chi connectivity index (χ3v) is 14.1. The minimum absolute atomic E-state index is 0. The first-order chi connectivity index (χ1) is 19.2. The molecule has 0 fully saturated rings. The van der Waals surface area contributed by atoms with Gasteiger partial charge in [-0.1, -0.05) is 0 Å². The number of hydrogen-bond donors (Lipinski definition) is 0. The Bertz CT molecular complexity index is 1690. The molecule has 4 aromatic carbocycles. The van der Waals surface area contributed by atoms with Crippen LogP contribution >= 0.6 is 0 Å². The van der Waals surface area contributed by atoms with E-state index in [0.717, 1.165) is 12.8 Å². The van der Waals surface area contributed by atoms with Gasteiger partial charge in [0.25, 0.3) is 0 Å². The molecule has 0 nitrogen and oxygen atoms in total. The van der Waals surface area contributed by atoms with Gasteiger partial charge in [0, 0.05) is 0 Å². The maximum absolute atomic E-state index is 2.51. The zero-order chi connectivity index (χ0) is 28.1. The van der Waals surface area contributed by atoms with Gasteiger partial charge in [-0.2, -0.15) is 0 Å². The number of fused-ring (bicyclic) bond motifs is 3. The van der Waals surface area contributed by atoms with Crippen molar-refractivity contribution >= 4 is 7.68 Å². The molecule has 0 heterocycles. The van der Waals surface area contributed by atoms with E-state index < -0.39 is 17.4 Å². The Morgan fingerprint density at radius 1 is 0.667 bits per heavy atom. The third-order valence-electron chi connectivity index (χ3n) is 9.30. The van der Waals surface area contributed by atoms with Gasteiger partial charge in [-0.25, -0.2) is 0 Å². The zero-order valence-corrected chi connectivity index (χ0v) is 28.6. The quantitative estimate of drug-likeness (QED) is 0.254. The number of benzene rings is 4. The molecule has 6 rings (SSSR count). The Labute approximate surface area is 271 Å². The van der Waals surface area contributed by atoms with Crippen LogP contribution in [0, 0.1) is 0 Å². The van der Waals surface area contributed by atoms with Gasteiger partial charge in [-0.05, 0) is 0 Å². The minimum atomic E-state index is -1.91. The van der Waals surface area contributed by atoms with Gasteiger partial charge in [0.1, 0.15) is 0 Å². The zero-order valence-electron chi connectivity index (χ0n) is 25.6. The van der Waals surface area contributed by atoms with Crippen molar-refractivity contribution in [2.24, 2.45) is 0 Å². The van der Waals surface area contributed by atoms with Gasteiger partial charge in [-0.15, -0.1) is 0 Å². The number of allylic oxidation sites excluding steroid dienone is 4. The van der Waals surface area contributed by atoms with Crippen molar-refractivity contribution in [1.29, 1.82) is 0 Å². The third kappa shape index (κ3) is 5.60. The SMILES string of the molecule is C[C](C)=[Ti+2]([C]1=CC=CC1)[c]1c(C(C)(C)c2ccccc2)ccc2c1Cc1cc(C(C)(C)c3ccccc3)ccc1-2.[Cl-].[Cl-]. The molecule has 0 aromatic heterocycles. The molecule has 0 spiro atoms. The molecule has 0 atom stereocenters. The summed E-state index contributed by atoms with van der Waals surface area (Å²) < 4.78 is 5.01. The molecule has 0 radical (unpaired) electrons. The number of rotatable bonds is 6. The summed E-state index contributed by atoms with van der Waals surface area (Å²) in [7, 11) is 0. The van der Waals surface area contributed by atoms with Crippen molar-refractivity contribution in [2.75, 3.05) is 0 Å². The van der Waals surface area contributed by atoms with E-state index in [9.17, 15) is 0 Å². The topological polar surface area (TPSA) is 0 Å².